The van der Waals surface area contributed by atoms with Gasteiger partial charge in [0.05, 0.1) is 17.6 Å². The van der Waals surface area contributed by atoms with Crippen molar-refractivity contribution >= 4 is 11.7 Å². The van der Waals surface area contributed by atoms with Gasteiger partial charge >= 0.3 is 5.97 Å². The Bertz CT molecular complexity index is 788. The van der Waals surface area contributed by atoms with Crippen molar-refractivity contribution < 1.29 is 18.8 Å². The molecule has 2 rings (SSSR count). The van der Waals surface area contributed by atoms with Crippen molar-refractivity contribution in [1.82, 2.24) is 0 Å². The summed E-state index contributed by atoms with van der Waals surface area (Å²) in [4.78, 5) is 21.9. The molecule has 0 saturated carbocycles. The lowest BCUT2D eigenvalue weighted by molar-refractivity contribution is -0.384. The molecule has 2 aromatic carbocycles. The molecule has 6 heteroatoms. The Kier molecular flexibility index (Phi) is 4.49. The SMILES string of the molecule is COC(=O)c1ccc([N+](=O)[O-])cc1C#Cc1ccc(F)cc1. The van der Waals surface area contributed by atoms with Gasteiger partial charge < -0.3 is 4.74 Å². The Morgan fingerprint density at radius 1 is 1.18 bits per heavy atom. The van der Waals surface area contributed by atoms with E-state index in [0.29, 0.717) is 5.56 Å². The van der Waals surface area contributed by atoms with Gasteiger partial charge in [-0.2, -0.15) is 0 Å². The van der Waals surface area contributed by atoms with Crippen molar-refractivity contribution in [2.45, 2.75) is 0 Å². The molecule has 0 saturated heterocycles. The highest BCUT2D eigenvalue weighted by molar-refractivity contribution is 5.92. The molecule has 0 spiro atoms. The van der Waals surface area contributed by atoms with E-state index >= 15 is 0 Å². The maximum absolute atomic E-state index is 12.8. The highest BCUT2D eigenvalue weighted by atomic mass is 19.1. The summed E-state index contributed by atoms with van der Waals surface area (Å²) >= 11 is 0. The fraction of sp³-hybridized carbons (Fsp3) is 0.0625. The van der Waals surface area contributed by atoms with Crippen molar-refractivity contribution in [2.24, 2.45) is 0 Å². The number of nitro benzene ring substituents is 1. The third kappa shape index (κ3) is 3.46. The van der Waals surface area contributed by atoms with Crippen molar-refractivity contribution in [2.75, 3.05) is 7.11 Å². The molecule has 5 nitrogen and oxygen atoms in total. The molecular formula is C16H10FNO4. The highest BCUT2D eigenvalue weighted by Gasteiger charge is 2.15. The number of hydrogen-bond donors (Lipinski definition) is 0. The van der Waals surface area contributed by atoms with Crippen LogP contribution in [0.4, 0.5) is 10.1 Å². The van der Waals surface area contributed by atoms with Crippen LogP contribution in [0.25, 0.3) is 0 Å². The molecule has 0 aliphatic rings. The number of ether oxygens (including phenoxy) is 1. The summed E-state index contributed by atoms with van der Waals surface area (Å²) in [6.45, 7) is 0. The van der Waals surface area contributed by atoms with Crippen LogP contribution in [0.15, 0.2) is 42.5 Å². The molecule has 0 fully saturated rings. The number of halogens is 1. The van der Waals surface area contributed by atoms with Crippen LogP contribution in [0, 0.1) is 27.8 Å². The second-order valence-corrected chi connectivity index (χ2v) is 4.24. The van der Waals surface area contributed by atoms with E-state index in [9.17, 15) is 19.3 Å². The molecule has 0 amide bonds. The zero-order valence-corrected chi connectivity index (χ0v) is 11.5. The second-order valence-electron chi connectivity index (χ2n) is 4.24. The summed E-state index contributed by atoms with van der Waals surface area (Å²) in [7, 11) is 1.21. The van der Waals surface area contributed by atoms with Crippen LogP contribution >= 0.6 is 0 Å². The third-order valence-corrected chi connectivity index (χ3v) is 2.81. The average molecular weight is 299 g/mol. The molecule has 0 unspecified atom stereocenters. The number of esters is 1. The Balaban J connectivity index is 2.47. The number of hydrogen-bond acceptors (Lipinski definition) is 4. The standard InChI is InChI=1S/C16H10FNO4/c1-22-16(19)15-9-8-14(18(20)21)10-12(15)5-2-11-3-6-13(17)7-4-11/h3-4,6-10H,1H3. The monoisotopic (exact) mass is 299 g/mol. The first-order valence-electron chi connectivity index (χ1n) is 6.15. The van der Waals surface area contributed by atoms with E-state index in [1.807, 2.05) is 0 Å². The molecule has 110 valence electrons. The molecule has 0 aliphatic heterocycles. The van der Waals surface area contributed by atoms with Crippen LogP contribution in [0.2, 0.25) is 0 Å². The summed E-state index contributed by atoms with van der Waals surface area (Å²) in [5, 5.41) is 10.8. The first kappa shape index (κ1) is 15.2. The largest absolute Gasteiger partial charge is 0.465 e. The summed E-state index contributed by atoms with van der Waals surface area (Å²) < 4.78 is 17.4. The van der Waals surface area contributed by atoms with Crippen LogP contribution in [-0.4, -0.2) is 18.0 Å². The van der Waals surface area contributed by atoms with Gasteiger partial charge in [0.15, 0.2) is 0 Å². The van der Waals surface area contributed by atoms with E-state index in [0.717, 1.165) is 0 Å². The van der Waals surface area contributed by atoms with E-state index in [-0.39, 0.29) is 16.8 Å². The van der Waals surface area contributed by atoms with Crippen LogP contribution < -0.4 is 0 Å². The minimum absolute atomic E-state index is 0.128. The molecule has 22 heavy (non-hydrogen) atoms. The summed E-state index contributed by atoms with van der Waals surface area (Å²) in [6.07, 6.45) is 0. The number of carbonyl (C=O) groups is 1. The van der Waals surface area contributed by atoms with E-state index in [4.69, 9.17) is 0 Å². The number of carbonyl (C=O) groups excluding carboxylic acids is 1. The van der Waals surface area contributed by atoms with Gasteiger partial charge in [-0.05, 0) is 30.3 Å². The lowest BCUT2D eigenvalue weighted by Gasteiger charge is -2.02. The van der Waals surface area contributed by atoms with Crippen LogP contribution in [0.3, 0.4) is 0 Å². The Labute approximate surface area is 125 Å². The molecule has 0 bridgehead atoms. The Hall–Kier alpha value is -3.20. The number of non-ortho nitro benzene ring substituents is 1. The van der Waals surface area contributed by atoms with Gasteiger partial charge in [-0.3, -0.25) is 10.1 Å². The fourth-order valence-electron chi connectivity index (χ4n) is 1.71. The van der Waals surface area contributed by atoms with Crippen LogP contribution in [-0.2, 0) is 4.74 Å². The van der Waals surface area contributed by atoms with Gasteiger partial charge in [0.25, 0.3) is 5.69 Å². The van der Waals surface area contributed by atoms with Gasteiger partial charge in [0.1, 0.15) is 5.82 Å². The molecule has 0 heterocycles. The minimum Gasteiger partial charge on any atom is -0.465 e. The predicted molar refractivity (Wildman–Crippen MR) is 76.8 cm³/mol. The van der Waals surface area contributed by atoms with Gasteiger partial charge in [-0.1, -0.05) is 11.8 Å². The van der Waals surface area contributed by atoms with Crippen molar-refractivity contribution in [3.63, 3.8) is 0 Å². The molecule has 0 aliphatic carbocycles. The van der Waals surface area contributed by atoms with E-state index < -0.39 is 16.7 Å². The van der Waals surface area contributed by atoms with E-state index in [2.05, 4.69) is 16.6 Å². The number of methoxy groups -OCH3 is 1. The molecule has 0 aromatic heterocycles. The zero-order valence-electron chi connectivity index (χ0n) is 11.5. The molecule has 0 atom stereocenters. The van der Waals surface area contributed by atoms with Crippen molar-refractivity contribution in [3.8, 4) is 11.8 Å². The topological polar surface area (TPSA) is 69.4 Å². The molecule has 2 aromatic rings. The van der Waals surface area contributed by atoms with E-state index in [1.165, 1.54) is 49.6 Å². The fourth-order valence-corrected chi connectivity index (χ4v) is 1.71. The number of nitro groups is 1. The molecule has 0 radical (unpaired) electrons. The van der Waals surface area contributed by atoms with Gasteiger partial charge in [-0.25, -0.2) is 9.18 Å². The molecule has 0 N–H and O–H groups in total. The van der Waals surface area contributed by atoms with E-state index in [1.54, 1.807) is 0 Å². The number of nitrogens with zero attached hydrogens (tertiary/aromatic N) is 1. The Morgan fingerprint density at radius 2 is 1.86 bits per heavy atom. The van der Waals surface area contributed by atoms with Gasteiger partial charge in [-0.15, -0.1) is 0 Å². The van der Waals surface area contributed by atoms with Gasteiger partial charge in [0, 0.05) is 23.3 Å². The van der Waals surface area contributed by atoms with Crippen LogP contribution in [0.1, 0.15) is 21.5 Å². The quantitative estimate of drug-likeness (QED) is 0.370. The first-order valence-corrected chi connectivity index (χ1v) is 6.15. The minimum atomic E-state index is -0.640. The predicted octanol–water partition coefficient (Wildman–Crippen LogP) is 2.92. The summed E-state index contributed by atoms with van der Waals surface area (Å²) in [5.74, 6) is 4.38. The van der Waals surface area contributed by atoms with Crippen LogP contribution in [0.5, 0.6) is 0 Å². The van der Waals surface area contributed by atoms with Crippen molar-refractivity contribution in [1.29, 1.82) is 0 Å². The smallest absolute Gasteiger partial charge is 0.339 e. The summed E-state index contributed by atoms with van der Waals surface area (Å²) in [6, 6.07) is 9.13. The zero-order chi connectivity index (χ0) is 16.1. The maximum atomic E-state index is 12.8. The number of rotatable bonds is 2. The highest BCUT2D eigenvalue weighted by Crippen LogP contribution is 2.18. The lowest BCUT2D eigenvalue weighted by Crippen LogP contribution is -2.04. The Morgan fingerprint density at radius 3 is 2.45 bits per heavy atom. The molecular weight excluding hydrogens is 289 g/mol. The summed E-state index contributed by atoms with van der Waals surface area (Å²) in [5.41, 5.74) is 0.632. The third-order valence-electron chi connectivity index (χ3n) is 2.81. The first-order chi connectivity index (χ1) is 10.5. The maximum Gasteiger partial charge on any atom is 0.339 e. The number of benzene rings is 2. The van der Waals surface area contributed by atoms with Gasteiger partial charge in [0.2, 0.25) is 0 Å². The average Bonchev–Trinajstić information content (AvgIpc) is 2.53. The normalized spacial score (nSPS) is 9.55. The second kappa shape index (κ2) is 6.50. The van der Waals surface area contributed by atoms with Crippen molar-refractivity contribution in [3.05, 3.63) is 75.1 Å². The lowest BCUT2D eigenvalue weighted by atomic mass is 10.1.